The molecule has 2 atom stereocenters. The van der Waals surface area contributed by atoms with E-state index in [0.29, 0.717) is 5.92 Å². The summed E-state index contributed by atoms with van der Waals surface area (Å²) in [5.41, 5.74) is 5.70. The molecule has 1 aliphatic heterocycles. The number of hydrogen-bond donors (Lipinski definition) is 0. The van der Waals surface area contributed by atoms with Crippen molar-refractivity contribution in [2.24, 2.45) is 11.8 Å². The fourth-order valence-electron chi connectivity index (χ4n) is 5.30. The van der Waals surface area contributed by atoms with Gasteiger partial charge in [-0.2, -0.15) is 0 Å². The lowest BCUT2D eigenvalue weighted by Gasteiger charge is -2.34. The highest BCUT2D eigenvalue weighted by atomic mass is 16.5. The SMILES string of the molecule is COc1cc2c(cc1OC)C(C)C(CC1CCN(Cc3ccc(C)cc3)CC1)C2. The van der Waals surface area contributed by atoms with E-state index in [4.69, 9.17) is 9.47 Å². The van der Waals surface area contributed by atoms with Crippen LogP contribution in [0.4, 0.5) is 0 Å². The first-order valence-corrected chi connectivity index (χ1v) is 11.1. The third-order valence-corrected chi connectivity index (χ3v) is 7.20. The molecule has 2 aliphatic rings. The van der Waals surface area contributed by atoms with Crippen LogP contribution in [0.3, 0.4) is 0 Å². The largest absolute Gasteiger partial charge is 0.493 e. The summed E-state index contributed by atoms with van der Waals surface area (Å²) in [6, 6.07) is 13.4. The van der Waals surface area contributed by atoms with Crippen molar-refractivity contribution in [3.63, 3.8) is 0 Å². The average molecular weight is 394 g/mol. The summed E-state index contributed by atoms with van der Waals surface area (Å²) in [5, 5.41) is 0. The number of fused-ring (bicyclic) bond motifs is 1. The third kappa shape index (κ3) is 4.45. The van der Waals surface area contributed by atoms with Crippen LogP contribution in [0.5, 0.6) is 11.5 Å². The number of aryl methyl sites for hydroxylation is 1. The van der Waals surface area contributed by atoms with Gasteiger partial charge in [0.2, 0.25) is 0 Å². The van der Waals surface area contributed by atoms with Crippen LogP contribution in [0, 0.1) is 18.8 Å². The molecule has 1 aliphatic carbocycles. The maximum absolute atomic E-state index is 5.53. The van der Waals surface area contributed by atoms with Crippen LogP contribution in [-0.4, -0.2) is 32.2 Å². The number of piperidine rings is 1. The highest BCUT2D eigenvalue weighted by molar-refractivity contribution is 5.50. The molecule has 0 amide bonds. The van der Waals surface area contributed by atoms with Crippen molar-refractivity contribution in [1.29, 1.82) is 0 Å². The zero-order valence-electron chi connectivity index (χ0n) is 18.4. The van der Waals surface area contributed by atoms with E-state index in [2.05, 4.69) is 55.1 Å². The minimum atomic E-state index is 0.607. The van der Waals surface area contributed by atoms with Gasteiger partial charge in [-0.25, -0.2) is 0 Å². The Balaban J connectivity index is 1.32. The smallest absolute Gasteiger partial charge is 0.161 e. The van der Waals surface area contributed by atoms with Crippen LogP contribution in [0.15, 0.2) is 36.4 Å². The fraction of sp³-hybridized carbons (Fsp3) is 0.538. The maximum atomic E-state index is 5.53. The molecule has 1 saturated heterocycles. The number of ether oxygens (including phenoxy) is 2. The minimum absolute atomic E-state index is 0.607. The molecule has 1 heterocycles. The molecule has 0 radical (unpaired) electrons. The van der Waals surface area contributed by atoms with Crippen LogP contribution in [0.2, 0.25) is 0 Å². The van der Waals surface area contributed by atoms with E-state index >= 15 is 0 Å². The molecular weight excluding hydrogens is 358 g/mol. The second-order valence-electron chi connectivity index (χ2n) is 9.10. The second kappa shape index (κ2) is 8.79. The van der Waals surface area contributed by atoms with Crippen molar-refractivity contribution in [2.45, 2.75) is 52.0 Å². The van der Waals surface area contributed by atoms with Gasteiger partial charge in [0.05, 0.1) is 14.2 Å². The average Bonchev–Trinajstić information content (AvgIpc) is 3.04. The van der Waals surface area contributed by atoms with Gasteiger partial charge in [-0.05, 0) is 92.3 Å². The molecule has 0 saturated carbocycles. The van der Waals surface area contributed by atoms with E-state index in [1.807, 2.05) is 0 Å². The predicted octanol–water partition coefficient (Wildman–Crippen LogP) is 5.59. The van der Waals surface area contributed by atoms with Gasteiger partial charge < -0.3 is 9.47 Å². The van der Waals surface area contributed by atoms with E-state index in [1.54, 1.807) is 14.2 Å². The summed E-state index contributed by atoms with van der Waals surface area (Å²) in [5.74, 6) is 3.94. The molecule has 29 heavy (non-hydrogen) atoms. The number of likely N-dealkylation sites (tertiary alicyclic amines) is 1. The summed E-state index contributed by atoms with van der Waals surface area (Å²) < 4.78 is 11.1. The Morgan fingerprint density at radius 1 is 0.966 bits per heavy atom. The molecule has 156 valence electrons. The van der Waals surface area contributed by atoms with Gasteiger partial charge in [0.15, 0.2) is 11.5 Å². The van der Waals surface area contributed by atoms with Crippen molar-refractivity contribution in [3.05, 3.63) is 58.7 Å². The predicted molar refractivity (Wildman–Crippen MR) is 119 cm³/mol. The Morgan fingerprint density at radius 3 is 2.28 bits per heavy atom. The van der Waals surface area contributed by atoms with Gasteiger partial charge in [-0.3, -0.25) is 4.90 Å². The first-order chi connectivity index (χ1) is 14.1. The third-order valence-electron chi connectivity index (χ3n) is 7.20. The Hall–Kier alpha value is -2.00. The standard InChI is InChI=1S/C26H35NO2/c1-18-5-7-21(8-6-18)17-27-11-9-20(10-12-27)13-22-14-23-15-25(28-3)26(29-4)16-24(23)19(22)2/h5-8,15-16,19-20,22H,9-14,17H2,1-4H3. The van der Waals surface area contributed by atoms with E-state index in [9.17, 15) is 0 Å². The van der Waals surface area contributed by atoms with Gasteiger partial charge >= 0.3 is 0 Å². The Kier molecular flexibility index (Phi) is 6.15. The molecule has 4 rings (SSSR count). The van der Waals surface area contributed by atoms with E-state index in [-0.39, 0.29) is 0 Å². The van der Waals surface area contributed by atoms with Crippen molar-refractivity contribution < 1.29 is 9.47 Å². The monoisotopic (exact) mass is 393 g/mol. The van der Waals surface area contributed by atoms with Crippen molar-refractivity contribution in [2.75, 3.05) is 27.3 Å². The van der Waals surface area contributed by atoms with Crippen LogP contribution in [0.25, 0.3) is 0 Å². The van der Waals surface area contributed by atoms with Gasteiger partial charge in [0.25, 0.3) is 0 Å². The first kappa shape index (κ1) is 20.3. The lowest BCUT2D eigenvalue weighted by atomic mass is 9.82. The normalized spacial score (nSPS) is 22.5. The molecule has 1 fully saturated rings. The highest BCUT2D eigenvalue weighted by Crippen LogP contribution is 2.46. The number of methoxy groups -OCH3 is 2. The Bertz CT molecular complexity index is 821. The summed E-state index contributed by atoms with van der Waals surface area (Å²) in [7, 11) is 3.45. The topological polar surface area (TPSA) is 21.7 Å². The zero-order chi connectivity index (χ0) is 20.4. The van der Waals surface area contributed by atoms with Gasteiger partial charge in [0, 0.05) is 6.54 Å². The molecule has 0 spiro atoms. The molecule has 3 nitrogen and oxygen atoms in total. The van der Waals surface area contributed by atoms with Crippen LogP contribution in [-0.2, 0) is 13.0 Å². The Labute approximate surface area is 176 Å². The molecular formula is C26H35NO2. The van der Waals surface area contributed by atoms with Gasteiger partial charge in [-0.1, -0.05) is 36.8 Å². The van der Waals surface area contributed by atoms with Gasteiger partial charge in [0.1, 0.15) is 0 Å². The number of rotatable bonds is 6. The van der Waals surface area contributed by atoms with Crippen molar-refractivity contribution >= 4 is 0 Å². The molecule has 0 bridgehead atoms. The van der Waals surface area contributed by atoms with E-state index in [1.165, 1.54) is 61.0 Å². The number of nitrogens with zero attached hydrogens (tertiary/aromatic N) is 1. The van der Waals surface area contributed by atoms with Crippen LogP contribution < -0.4 is 9.47 Å². The first-order valence-electron chi connectivity index (χ1n) is 11.1. The lowest BCUT2D eigenvalue weighted by molar-refractivity contribution is 0.158. The Morgan fingerprint density at radius 2 is 1.62 bits per heavy atom. The van der Waals surface area contributed by atoms with Gasteiger partial charge in [-0.15, -0.1) is 0 Å². The minimum Gasteiger partial charge on any atom is -0.493 e. The summed E-state index contributed by atoms with van der Waals surface area (Å²) in [4.78, 5) is 2.63. The van der Waals surface area contributed by atoms with Crippen molar-refractivity contribution in [1.82, 2.24) is 4.90 Å². The van der Waals surface area contributed by atoms with Crippen molar-refractivity contribution in [3.8, 4) is 11.5 Å². The molecule has 2 aromatic carbocycles. The second-order valence-corrected chi connectivity index (χ2v) is 9.10. The fourth-order valence-corrected chi connectivity index (χ4v) is 5.30. The zero-order valence-corrected chi connectivity index (χ0v) is 18.4. The maximum Gasteiger partial charge on any atom is 0.161 e. The van der Waals surface area contributed by atoms with Crippen LogP contribution in [0.1, 0.15) is 54.4 Å². The summed E-state index contributed by atoms with van der Waals surface area (Å²) in [6.45, 7) is 8.11. The number of hydrogen-bond acceptors (Lipinski definition) is 3. The highest BCUT2D eigenvalue weighted by Gasteiger charge is 2.33. The number of benzene rings is 2. The molecule has 0 N–H and O–H groups in total. The van der Waals surface area contributed by atoms with E-state index < -0.39 is 0 Å². The molecule has 3 heteroatoms. The molecule has 2 unspecified atom stereocenters. The lowest BCUT2D eigenvalue weighted by Crippen LogP contribution is -2.34. The quantitative estimate of drug-likeness (QED) is 0.638. The summed E-state index contributed by atoms with van der Waals surface area (Å²) in [6.07, 6.45) is 5.19. The van der Waals surface area contributed by atoms with E-state index in [0.717, 1.165) is 29.9 Å². The molecule has 0 aromatic heterocycles. The van der Waals surface area contributed by atoms with Crippen LogP contribution >= 0.6 is 0 Å². The summed E-state index contributed by atoms with van der Waals surface area (Å²) >= 11 is 0. The molecule has 2 aromatic rings.